The van der Waals surface area contributed by atoms with Crippen molar-refractivity contribution in [3.05, 3.63) is 60.4 Å². The van der Waals surface area contributed by atoms with Crippen LogP contribution in [0.5, 0.6) is 11.5 Å². The van der Waals surface area contributed by atoms with E-state index in [0.29, 0.717) is 18.6 Å². The average Bonchev–Trinajstić information content (AvgIpc) is 2.88. The van der Waals surface area contributed by atoms with Crippen LogP contribution < -0.4 is 8.92 Å². The Hall–Kier alpha value is -2.12. The van der Waals surface area contributed by atoms with Crippen LogP contribution >= 0.6 is 0 Å². The van der Waals surface area contributed by atoms with Crippen molar-refractivity contribution in [3.63, 3.8) is 0 Å². The minimum Gasteiger partial charge on any atom is -0.491 e. The molecule has 0 aromatic heterocycles. The van der Waals surface area contributed by atoms with Gasteiger partial charge in [-0.15, -0.1) is 0 Å². The fraction of sp³-hybridized carbons (Fsp3) is 0.368. The molecular formula is C19H21FO5S. The Bertz CT molecular complexity index is 792. The molecular weight excluding hydrogens is 359 g/mol. The molecule has 0 aliphatic carbocycles. The first-order valence-electron chi connectivity index (χ1n) is 8.55. The van der Waals surface area contributed by atoms with Crippen LogP contribution in [0.25, 0.3) is 0 Å². The van der Waals surface area contributed by atoms with Gasteiger partial charge in [0.2, 0.25) is 0 Å². The molecule has 2 atom stereocenters. The molecule has 2 aromatic rings. The largest absolute Gasteiger partial charge is 0.491 e. The SMILES string of the molecule is O=S(=O)(Oc1ccccc1)[C@H]1CCCC[C@@H](COc2ccc(F)cc2)O1. The molecule has 1 saturated heterocycles. The topological polar surface area (TPSA) is 61.8 Å². The van der Waals surface area contributed by atoms with Crippen molar-refractivity contribution in [3.8, 4) is 11.5 Å². The monoisotopic (exact) mass is 380 g/mol. The normalized spacial score (nSPS) is 21.0. The first-order valence-corrected chi connectivity index (χ1v) is 10.0. The van der Waals surface area contributed by atoms with Gasteiger partial charge in [0.25, 0.3) is 0 Å². The maximum atomic E-state index is 12.9. The lowest BCUT2D eigenvalue weighted by atomic mass is 10.1. The molecule has 3 rings (SSSR count). The molecule has 0 radical (unpaired) electrons. The molecule has 0 amide bonds. The third-order valence-electron chi connectivity index (χ3n) is 4.09. The highest BCUT2D eigenvalue weighted by atomic mass is 32.2. The summed E-state index contributed by atoms with van der Waals surface area (Å²) >= 11 is 0. The molecule has 140 valence electrons. The zero-order valence-electron chi connectivity index (χ0n) is 14.2. The van der Waals surface area contributed by atoms with E-state index < -0.39 is 15.6 Å². The molecule has 0 bridgehead atoms. The van der Waals surface area contributed by atoms with E-state index in [-0.39, 0.29) is 24.3 Å². The second kappa shape index (κ2) is 8.51. The van der Waals surface area contributed by atoms with Crippen molar-refractivity contribution in [2.24, 2.45) is 0 Å². The quantitative estimate of drug-likeness (QED) is 0.712. The van der Waals surface area contributed by atoms with E-state index >= 15 is 0 Å². The van der Waals surface area contributed by atoms with Gasteiger partial charge in [0.15, 0.2) is 5.44 Å². The van der Waals surface area contributed by atoms with Gasteiger partial charge in [-0.25, -0.2) is 4.39 Å². The predicted octanol–water partition coefficient (Wildman–Crippen LogP) is 3.90. The first-order chi connectivity index (χ1) is 12.5. The zero-order valence-corrected chi connectivity index (χ0v) is 15.0. The van der Waals surface area contributed by atoms with Crippen molar-refractivity contribution in [1.29, 1.82) is 0 Å². The molecule has 5 nitrogen and oxygen atoms in total. The summed E-state index contributed by atoms with van der Waals surface area (Å²) in [6, 6.07) is 14.0. The van der Waals surface area contributed by atoms with Gasteiger partial charge in [0.05, 0.1) is 6.10 Å². The van der Waals surface area contributed by atoms with E-state index in [0.717, 1.165) is 12.8 Å². The van der Waals surface area contributed by atoms with Gasteiger partial charge in [-0.3, -0.25) is 0 Å². The summed E-state index contributed by atoms with van der Waals surface area (Å²) in [5.41, 5.74) is -1.04. The third kappa shape index (κ3) is 5.19. The van der Waals surface area contributed by atoms with E-state index in [1.807, 2.05) is 0 Å². The fourth-order valence-electron chi connectivity index (χ4n) is 2.75. The molecule has 0 N–H and O–H groups in total. The molecule has 0 saturated carbocycles. The predicted molar refractivity (Wildman–Crippen MR) is 95.0 cm³/mol. The number of benzene rings is 2. The number of ether oxygens (including phenoxy) is 2. The summed E-state index contributed by atoms with van der Waals surface area (Å²) < 4.78 is 54.6. The minimum atomic E-state index is -3.91. The van der Waals surface area contributed by atoms with Gasteiger partial charge in [-0.05, 0) is 55.7 Å². The fourth-order valence-corrected chi connectivity index (χ4v) is 3.99. The van der Waals surface area contributed by atoms with Gasteiger partial charge in [-0.2, -0.15) is 8.42 Å². The number of halogens is 1. The first kappa shape index (κ1) is 18.7. The van der Waals surface area contributed by atoms with Crippen LogP contribution in [0.1, 0.15) is 25.7 Å². The van der Waals surface area contributed by atoms with Crippen LogP contribution in [0.2, 0.25) is 0 Å². The number of rotatable bonds is 6. The Morgan fingerprint density at radius 2 is 1.65 bits per heavy atom. The van der Waals surface area contributed by atoms with E-state index in [1.165, 1.54) is 24.3 Å². The van der Waals surface area contributed by atoms with E-state index in [9.17, 15) is 12.8 Å². The van der Waals surface area contributed by atoms with Crippen molar-refractivity contribution >= 4 is 10.1 Å². The Kier molecular flexibility index (Phi) is 6.11. The summed E-state index contributed by atoms with van der Waals surface area (Å²) in [4.78, 5) is 0. The maximum Gasteiger partial charge on any atom is 0.336 e. The second-order valence-corrected chi connectivity index (χ2v) is 7.80. The lowest BCUT2D eigenvalue weighted by Gasteiger charge is -2.22. The van der Waals surface area contributed by atoms with Gasteiger partial charge >= 0.3 is 10.1 Å². The van der Waals surface area contributed by atoms with Crippen molar-refractivity contribution in [1.82, 2.24) is 0 Å². The molecule has 1 aliphatic rings. The van der Waals surface area contributed by atoms with Crippen LogP contribution in [-0.2, 0) is 14.9 Å². The lowest BCUT2D eigenvalue weighted by Crippen LogP contribution is -2.33. The Morgan fingerprint density at radius 3 is 2.38 bits per heavy atom. The third-order valence-corrected chi connectivity index (χ3v) is 5.50. The summed E-state index contributed by atoms with van der Waals surface area (Å²) in [5, 5.41) is 0. The van der Waals surface area contributed by atoms with Crippen LogP contribution in [-0.4, -0.2) is 26.6 Å². The number of hydrogen-bond donors (Lipinski definition) is 0. The summed E-state index contributed by atoms with van der Waals surface area (Å²) in [7, 11) is -3.91. The molecule has 26 heavy (non-hydrogen) atoms. The zero-order chi connectivity index (χ0) is 18.4. The van der Waals surface area contributed by atoms with Crippen LogP contribution in [0.15, 0.2) is 54.6 Å². The lowest BCUT2D eigenvalue weighted by molar-refractivity contribution is 0.00226. The van der Waals surface area contributed by atoms with Crippen molar-refractivity contribution < 1.29 is 26.5 Å². The Labute approximate surface area is 152 Å². The van der Waals surface area contributed by atoms with Crippen LogP contribution in [0, 0.1) is 5.82 Å². The highest BCUT2D eigenvalue weighted by molar-refractivity contribution is 7.87. The van der Waals surface area contributed by atoms with E-state index in [1.54, 1.807) is 30.3 Å². The number of para-hydroxylation sites is 1. The van der Waals surface area contributed by atoms with Crippen LogP contribution in [0.4, 0.5) is 4.39 Å². The van der Waals surface area contributed by atoms with Crippen LogP contribution in [0.3, 0.4) is 0 Å². The highest BCUT2D eigenvalue weighted by Gasteiger charge is 2.33. The molecule has 0 spiro atoms. The van der Waals surface area contributed by atoms with Crippen molar-refractivity contribution in [2.45, 2.75) is 37.2 Å². The van der Waals surface area contributed by atoms with E-state index in [2.05, 4.69) is 0 Å². The van der Waals surface area contributed by atoms with Gasteiger partial charge < -0.3 is 13.7 Å². The molecule has 1 fully saturated rings. The van der Waals surface area contributed by atoms with Gasteiger partial charge in [-0.1, -0.05) is 24.6 Å². The van der Waals surface area contributed by atoms with Gasteiger partial charge in [0.1, 0.15) is 23.9 Å². The molecule has 7 heteroatoms. The van der Waals surface area contributed by atoms with Crippen molar-refractivity contribution in [2.75, 3.05) is 6.61 Å². The standard InChI is InChI=1S/C19H21FO5S/c20-15-10-12-16(13-11-15)23-14-18-8-4-5-9-19(24-18)26(21,22)25-17-6-2-1-3-7-17/h1-3,6-7,10-13,18-19H,4-5,8-9,14H2/t18-,19-/m0/s1. The maximum absolute atomic E-state index is 12.9. The minimum absolute atomic E-state index is 0.197. The summed E-state index contributed by atoms with van der Waals surface area (Å²) in [6.45, 7) is 0.197. The Morgan fingerprint density at radius 1 is 0.962 bits per heavy atom. The second-order valence-electron chi connectivity index (χ2n) is 6.13. The summed E-state index contributed by atoms with van der Waals surface area (Å²) in [6.07, 6.45) is 2.27. The molecule has 0 unspecified atom stereocenters. The van der Waals surface area contributed by atoms with E-state index in [4.69, 9.17) is 13.7 Å². The average molecular weight is 380 g/mol. The highest BCUT2D eigenvalue weighted by Crippen LogP contribution is 2.25. The summed E-state index contributed by atoms with van der Waals surface area (Å²) in [5.74, 6) is 0.436. The molecule has 1 heterocycles. The molecule has 2 aromatic carbocycles. The Balaban J connectivity index is 1.62. The van der Waals surface area contributed by atoms with Gasteiger partial charge in [0, 0.05) is 0 Å². The smallest absolute Gasteiger partial charge is 0.336 e. The number of hydrogen-bond acceptors (Lipinski definition) is 5. The molecule has 1 aliphatic heterocycles.